The highest BCUT2D eigenvalue weighted by molar-refractivity contribution is 7.99. The fourth-order valence-corrected chi connectivity index (χ4v) is 3.50. The smallest absolute Gasteiger partial charge is 0.236 e. The number of rotatable bonds is 9. The van der Waals surface area contributed by atoms with Crippen LogP contribution in [0.25, 0.3) is 11.5 Å². The van der Waals surface area contributed by atoms with Crippen LogP contribution in [0.15, 0.2) is 71.3 Å². The first-order chi connectivity index (χ1) is 13.3. The Kier molecular flexibility index (Phi) is 7.11. The van der Waals surface area contributed by atoms with Crippen LogP contribution in [0.2, 0.25) is 0 Å². The summed E-state index contributed by atoms with van der Waals surface area (Å²) < 4.78 is 5.56. The molecule has 27 heavy (non-hydrogen) atoms. The molecule has 0 bridgehead atoms. The van der Waals surface area contributed by atoms with Gasteiger partial charge in [-0.3, -0.25) is 4.79 Å². The monoisotopic (exact) mass is 380 g/mol. The molecule has 0 saturated heterocycles. The lowest BCUT2D eigenvalue weighted by Crippen LogP contribution is -2.33. The molecule has 0 aliphatic carbocycles. The second-order valence-electron chi connectivity index (χ2n) is 6.24. The molecule has 3 aromatic rings. The third-order valence-corrected chi connectivity index (χ3v) is 5.10. The Hall–Kier alpha value is -2.53. The van der Waals surface area contributed by atoms with Crippen LogP contribution in [-0.2, 0) is 10.5 Å². The van der Waals surface area contributed by atoms with E-state index in [2.05, 4.69) is 11.9 Å². The Balaban J connectivity index is 1.55. The molecule has 3 rings (SSSR count). The van der Waals surface area contributed by atoms with E-state index in [1.165, 1.54) is 0 Å². The van der Waals surface area contributed by atoms with Gasteiger partial charge >= 0.3 is 0 Å². The highest BCUT2D eigenvalue weighted by Gasteiger charge is 2.15. The summed E-state index contributed by atoms with van der Waals surface area (Å²) in [5.74, 6) is 1.82. The van der Waals surface area contributed by atoms with Crippen molar-refractivity contribution in [3.8, 4) is 11.5 Å². The molecule has 0 radical (unpaired) electrons. The minimum absolute atomic E-state index is 0.131. The third kappa shape index (κ3) is 5.47. The van der Waals surface area contributed by atoms with Crippen LogP contribution in [0.1, 0.15) is 25.5 Å². The number of anilines is 1. The summed E-state index contributed by atoms with van der Waals surface area (Å²) in [4.78, 5) is 19.1. The van der Waals surface area contributed by atoms with Crippen molar-refractivity contribution in [2.75, 3.05) is 17.2 Å². The molecule has 1 aromatic heterocycles. The number of hydrogen-bond acceptors (Lipinski definition) is 4. The fourth-order valence-electron chi connectivity index (χ4n) is 2.73. The van der Waals surface area contributed by atoms with Crippen LogP contribution in [0, 0.1) is 0 Å². The van der Waals surface area contributed by atoms with E-state index in [-0.39, 0.29) is 5.91 Å². The molecule has 0 aliphatic heterocycles. The van der Waals surface area contributed by atoms with Crippen molar-refractivity contribution < 1.29 is 9.21 Å². The molecule has 0 aliphatic rings. The average molecular weight is 381 g/mol. The Labute approximate surface area is 164 Å². The first-order valence-corrected chi connectivity index (χ1v) is 10.4. The van der Waals surface area contributed by atoms with Crippen LogP contribution in [-0.4, -0.2) is 23.2 Å². The van der Waals surface area contributed by atoms with Gasteiger partial charge < -0.3 is 9.32 Å². The molecule has 0 fully saturated rings. The normalized spacial score (nSPS) is 10.7. The lowest BCUT2D eigenvalue weighted by Gasteiger charge is -2.22. The third-order valence-electron chi connectivity index (χ3n) is 4.15. The van der Waals surface area contributed by atoms with Crippen molar-refractivity contribution in [2.45, 2.75) is 25.5 Å². The number of nitrogens with zero attached hydrogens (tertiary/aromatic N) is 2. The zero-order chi connectivity index (χ0) is 18.9. The van der Waals surface area contributed by atoms with E-state index in [9.17, 15) is 4.79 Å². The molecule has 5 heteroatoms. The standard InChI is InChI=1S/C22H24N2O2S/c1-2-3-14-24(20-12-8-5-9-13-20)21(25)17-27-16-19-15-26-22(23-19)18-10-6-4-7-11-18/h4-13,15H,2-3,14,16-17H2,1H3. The molecule has 1 heterocycles. The second kappa shape index (κ2) is 9.97. The summed E-state index contributed by atoms with van der Waals surface area (Å²) in [5.41, 5.74) is 2.77. The van der Waals surface area contributed by atoms with Crippen LogP contribution in [0.3, 0.4) is 0 Å². The number of hydrogen-bond donors (Lipinski definition) is 0. The van der Waals surface area contributed by atoms with Gasteiger partial charge in [-0.1, -0.05) is 49.7 Å². The molecular formula is C22H24N2O2S. The summed E-state index contributed by atoms with van der Waals surface area (Å²) in [6, 6.07) is 19.7. The second-order valence-corrected chi connectivity index (χ2v) is 7.22. The lowest BCUT2D eigenvalue weighted by atomic mass is 10.2. The van der Waals surface area contributed by atoms with Crippen molar-refractivity contribution in [3.63, 3.8) is 0 Å². The van der Waals surface area contributed by atoms with Gasteiger partial charge in [0.15, 0.2) is 0 Å². The number of benzene rings is 2. The molecule has 140 valence electrons. The van der Waals surface area contributed by atoms with Gasteiger partial charge in [0, 0.05) is 23.5 Å². The molecular weight excluding hydrogens is 356 g/mol. The molecule has 1 amide bonds. The first kappa shape index (κ1) is 19.2. The van der Waals surface area contributed by atoms with Crippen molar-refractivity contribution >= 4 is 23.4 Å². The summed E-state index contributed by atoms with van der Waals surface area (Å²) in [6.07, 6.45) is 3.73. The van der Waals surface area contributed by atoms with E-state index >= 15 is 0 Å². The van der Waals surface area contributed by atoms with Gasteiger partial charge in [0.1, 0.15) is 6.26 Å². The highest BCUT2D eigenvalue weighted by atomic mass is 32.2. The van der Waals surface area contributed by atoms with Crippen molar-refractivity contribution in [3.05, 3.63) is 72.6 Å². The van der Waals surface area contributed by atoms with Crippen LogP contribution in [0.5, 0.6) is 0 Å². The maximum atomic E-state index is 12.7. The Bertz CT molecular complexity index is 834. The van der Waals surface area contributed by atoms with E-state index in [0.29, 0.717) is 17.4 Å². The van der Waals surface area contributed by atoms with E-state index in [4.69, 9.17) is 4.42 Å². The van der Waals surface area contributed by atoms with Gasteiger partial charge in [0.2, 0.25) is 11.8 Å². The number of oxazole rings is 1. The predicted octanol–water partition coefficient (Wildman–Crippen LogP) is 5.41. The number of carbonyl (C=O) groups is 1. The summed E-state index contributed by atoms with van der Waals surface area (Å²) in [7, 11) is 0. The first-order valence-electron chi connectivity index (χ1n) is 9.21. The number of unbranched alkanes of at least 4 members (excludes halogenated alkanes) is 1. The van der Waals surface area contributed by atoms with Crippen LogP contribution < -0.4 is 4.90 Å². The SMILES string of the molecule is CCCCN(C(=O)CSCc1coc(-c2ccccc2)n1)c1ccccc1. The van der Waals surface area contributed by atoms with Crippen LogP contribution in [0.4, 0.5) is 5.69 Å². The van der Waals surface area contributed by atoms with Gasteiger partial charge in [0.25, 0.3) is 0 Å². The molecule has 4 nitrogen and oxygen atoms in total. The topological polar surface area (TPSA) is 46.3 Å². The largest absolute Gasteiger partial charge is 0.444 e. The molecule has 0 atom stereocenters. The van der Waals surface area contributed by atoms with Gasteiger partial charge in [0.05, 0.1) is 11.4 Å². The number of thioether (sulfide) groups is 1. The van der Waals surface area contributed by atoms with E-state index in [1.54, 1.807) is 18.0 Å². The zero-order valence-electron chi connectivity index (χ0n) is 15.5. The van der Waals surface area contributed by atoms with Crippen molar-refractivity contribution in [2.24, 2.45) is 0 Å². The van der Waals surface area contributed by atoms with E-state index < -0.39 is 0 Å². The van der Waals surface area contributed by atoms with Gasteiger partial charge in [-0.15, -0.1) is 11.8 Å². The van der Waals surface area contributed by atoms with Crippen molar-refractivity contribution in [1.29, 1.82) is 0 Å². The maximum Gasteiger partial charge on any atom is 0.236 e. The van der Waals surface area contributed by atoms with Gasteiger partial charge in [-0.05, 0) is 30.7 Å². The summed E-state index contributed by atoms with van der Waals surface area (Å²) in [6.45, 7) is 2.89. The maximum absolute atomic E-state index is 12.7. The molecule has 0 spiro atoms. The number of para-hydroxylation sites is 1. The number of amides is 1. The minimum Gasteiger partial charge on any atom is -0.444 e. The van der Waals surface area contributed by atoms with Crippen LogP contribution >= 0.6 is 11.8 Å². The fraction of sp³-hybridized carbons (Fsp3) is 0.273. The predicted molar refractivity (Wildman–Crippen MR) is 112 cm³/mol. The van der Waals surface area contributed by atoms with Crippen molar-refractivity contribution in [1.82, 2.24) is 4.98 Å². The minimum atomic E-state index is 0.131. The quantitative estimate of drug-likeness (QED) is 0.498. The molecule has 0 saturated carbocycles. The Morgan fingerprint density at radius 3 is 2.48 bits per heavy atom. The van der Waals surface area contributed by atoms with Gasteiger partial charge in [-0.25, -0.2) is 4.98 Å². The Morgan fingerprint density at radius 2 is 1.78 bits per heavy atom. The Morgan fingerprint density at radius 1 is 1.07 bits per heavy atom. The molecule has 0 unspecified atom stereocenters. The lowest BCUT2D eigenvalue weighted by molar-refractivity contribution is -0.116. The summed E-state index contributed by atoms with van der Waals surface area (Å²) in [5, 5.41) is 0. The number of carbonyl (C=O) groups excluding carboxylic acids is 1. The van der Waals surface area contributed by atoms with Gasteiger partial charge in [-0.2, -0.15) is 0 Å². The average Bonchev–Trinajstić information content (AvgIpc) is 3.19. The van der Waals surface area contributed by atoms with E-state index in [1.807, 2.05) is 65.6 Å². The zero-order valence-corrected chi connectivity index (χ0v) is 16.3. The summed E-state index contributed by atoms with van der Waals surface area (Å²) >= 11 is 1.57. The molecule has 0 N–H and O–H groups in total. The number of aromatic nitrogens is 1. The molecule has 2 aromatic carbocycles. The highest BCUT2D eigenvalue weighted by Crippen LogP contribution is 2.21. The van der Waals surface area contributed by atoms with E-state index in [0.717, 1.165) is 36.3 Å².